The highest BCUT2D eigenvalue weighted by Gasteiger charge is 2.43. The molecule has 232 valence electrons. The van der Waals surface area contributed by atoms with Crippen molar-refractivity contribution < 1.29 is 28.1 Å². The molecular weight excluding hydrogens is 523 g/mol. The van der Waals surface area contributed by atoms with Crippen molar-refractivity contribution in [2.45, 2.75) is 141 Å². The van der Waals surface area contributed by atoms with E-state index < -0.39 is 30.7 Å². The van der Waals surface area contributed by atoms with Crippen molar-refractivity contribution >= 4 is 0 Å². The number of alkyl halides is 3. The van der Waals surface area contributed by atoms with Crippen LogP contribution in [0.4, 0.5) is 13.2 Å². The Morgan fingerprint density at radius 3 is 2.33 bits per heavy atom. The standard InChI is InChI=1S/C29H52F3N5O3/c1-16(2)34-21-12-20(29(30,31)32)13-22(14-21)35-28(39)37-24-8-7-23(11-18(24)4)40-26-15-25(17(3)9-10-33-26)36-27(38)19-5-6-19/h14,16-21,23-28,33-39H,5-13,15H2,1-4H3. The van der Waals surface area contributed by atoms with Gasteiger partial charge in [0, 0.05) is 36.3 Å². The van der Waals surface area contributed by atoms with Crippen molar-refractivity contribution in [2.24, 2.45) is 23.7 Å². The van der Waals surface area contributed by atoms with E-state index in [2.05, 4.69) is 40.4 Å². The molecule has 8 nitrogen and oxygen atoms in total. The van der Waals surface area contributed by atoms with Gasteiger partial charge in [-0.3, -0.25) is 16.0 Å². The lowest BCUT2D eigenvalue weighted by atomic mass is 9.84. The summed E-state index contributed by atoms with van der Waals surface area (Å²) < 4.78 is 47.2. The summed E-state index contributed by atoms with van der Waals surface area (Å²) >= 11 is 0. The molecule has 4 aliphatic rings. The zero-order valence-corrected chi connectivity index (χ0v) is 24.5. The van der Waals surface area contributed by atoms with Crippen LogP contribution in [0.5, 0.6) is 0 Å². The molecule has 0 bridgehead atoms. The second-order valence-electron chi connectivity index (χ2n) is 13.2. The van der Waals surface area contributed by atoms with E-state index >= 15 is 0 Å². The van der Waals surface area contributed by atoms with Crippen molar-refractivity contribution in [2.75, 3.05) is 6.54 Å². The first kappa shape index (κ1) is 32.0. The molecule has 3 aliphatic carbocycles. The van der Waals surface area contributed by atoms with Gasteiger partial charge in [-0.25, -0.2) is 0 Å². The van der Waals surface area contributed by atoms with Gasteiger partial charge < -0.3 is 25.6 Å². The zero-order valence-electron chi connectivity index (χ0n) is 24.5. The maximum absolute atomic E-state index is 13.6. The van der Waals surface area contributed by atoms with Crippen LogP contribution in [0.15, 0.2) is 11.8 Å². The first-order chi connectivity index (χ1) is 18.9. The molecule has 0 spiro atoms. The van der Waals surface area contributed by atoms with E-state index in [-0.39, 0.29) is 49.2 Å². The molecule has 11 heteroatoms. The third-order valence-corrected chi connectivity index (χ3v) is 9.17. The first-order valence-corrected chi connectivity index (χ1v) is 15.4. The van der Waals surface area contributed by atoms with E-state index in [4.69, 9.17) is 4.74 Å². The SMILES string of the molecule is CC(C)NC1C=C(NC(O)NC2CCC(OC3CC(NC(O)C4CC4)C(C)CCN3)CC2C)CC(C(F)(F)F)C1. The highest BCUT2D eigenvalue weighted by molar-refractivity contribution is 5.12. The molecule has 10 atom stereocenters. The van der Waals surface area contributed by atoms with Gasteiger partial charge in [-0.1, -0.05) is 27.7 Å². The molecular formula is C29H52F3N5O3. The summed E-state index contributed by atoms with van der Waals surface area (Å²) in [6.07, 6.45) is 2.30. The van der Waals surface area contributed by atoms with Crippen LogP contribution >= 0.6 is 0 Å². The van der Waals surface area contributed by atoms with Crippen molar-refractivity contribution in [1.29, 1.82) is 0 Å². The summed E-state index contributed by atoms with van der Waals surface area (Å²) in [5, 5.41) is 37.4. The summed E-state index contributed by atoms with van der Waals surface area (Å²) in [4.78, 5) is 0. The number of aliphatic hydroxyl groups excluding tert-OH is 2. The second kappa shape index (κ2) is 14.0. The number of ether oxygens (including phenoxy) is 1. The van der Waals surface area contributed by atoms with Crippen molar-refractivity contribution in [3.63, 3.8) is 0 Å². The molecule has 7 N–H and O–H groups in total. The third-order valence-electron chi connectivity index (χ3n) is 9.17. The molecule has 40 heavy (non-hydrogen) atoms. The van der Waals surface area contributed by atoms with Gasteiger partial charge in [0.05, 0.1) is 12.0 Å². The maximum Gasteiger partial charge on any atom is 0.392 e. The molecule has 4 rings (SSSR count). The van der Waals surface area contributed by atoms with Gasteiger partial charge >= 0.3 is 6.18 Å². The number of hydrogen-bond donors (Lipinski definition) is 7. The molecule has 2 saturated carbocycles. The van der Waals surface area contributed by atoms with Gasteiger partial charge in [0.2, 0.25) is 0 Å². The van der Waals surface area contributed by atoms with Crippen LogP contribution in [-0.2, 0) is 4.74 Å². The highest BCUT2D eigenvalue weighted by atomic mass is 19.4. The average Bonchev–Trinajstić information content (AvgIpc) is 3.70. The lowest BCUT2D eigenvalue weighted by Gasteiger charge is -2.38. The molecule has 1 heterocycles. The van der Waals surface area contributed by atoms with E-state index in [0.717, 1.165) is 51.5 Å². The second-order valence-corrected chi connectivity index (χ2v) is 13.2. The molecule has 3 fully saturated rings. The van der Waals surface area contributed by atoms with E-state index in [0.29, 0.717) is 17.5 Å². The largest absolute Gasteiger partial charge is 0.392 e. The number of nitrogens with one attached hydrogen (secondary N) is 5. The fourth-order valence-electron chi connectivity index (χ4n) is 6.63. The van der Waals surface area contributed by atoms with Crippen LogP contribution in [0.3, 0.4) is 0 Å². The Morgan fingerprint density at radius 2 is 1.68 bits per heavy atom. The lowest BCUT2D eigenvalue weighted by molar-refractivity contribution is -0.178. The molecule has 0 aromatic rings. The Bertz CT molecular complexity index is 827. The Morgan fingerprint density at radius 1 is 0.925 bits per heavy atom. The molecule has 0 amide bonds. The quantitative estimate of drug-likeness (QED) is 0.188. The fraction of sp³-hybridized carbons (Fsp3) is 0.931. The Hall–Kier alpha value is -0.950. The third kappa shape index (κ3) is 9.54. The molecule has 10 unspecified atom stereocenters. The monoisotopic (exact) mass is 575 g/mol. The first-order valence-electron chi connectivity index (χ1n) is 15.4. The van der Waals surface area contributed by atoms with Crippen LogP contribution < -0.4 is 26.6 Å². The topological polar surface area (TPSA) is 110 Å². The number of allylic oxidation sites excluding steroid dienone is 1. The molecule has 0 aromatic carbocycles. The van der Waals surface area contributed by atoms with Crippen molar-refractivity contribution in [1.82, 2.24) is 26.6 Å². The smallest absolute Gasteiger partial charge is 0.378 e. The molecule has 1 saturated heterocycles. The minimum atomic E-state index is -4.28. The zero-order chi connectivity index (χ0) is 29.0. The number of hydrogen-bond acceptors (Lipinski definition) is 8. The number of aliphatic hydroxyl groups is 2. The number of halogens is 3. The lowest BCUT2D eigenvalue weighted by Crippen LogP contribution is -2.53. The summed E-state index contributed by atoms with van der Waals surface area (Å²) in [6, 6.07) is -0.105. The van der Waals surface area contributed by atoms with Crippen molar-refractivity contribution in [3.05, 3.63) is 11.8 Å². The van der Waals surface area contributed by atoms with Crippen LogP contribution in [0.2, 0.25) is 0 Å². The van der Waals surface area contributed by atoms with Gasteiger partial charge in [-0.2, -0.15) is 13.2 Å². The van der Waals surface area contributed by atoms with Gasteiger partial charge in [-0.15, -0.1) is 0 Å². The highest BCUT2D eigenvalue weighted by Crippen LogP contribution is 2.37. The predicted molar refractivity (Wildman–Crippen MR) is 149 cm³/mol. The van der Waals surface area contributed by atoms with E-state index in [9.17, 15) is 23.4 Å². The molecule has 0 aromatic heterocycles. The minimum absolute atomic E-state index is 0.00407. The normalized spacial score (nSPS) is 37.5. The molecule has 1 aliphatic heterocycles. The van der Waals surface area contributed by atoms with Crippen LogP contribution in [-0.4, -0.2) is 72.0 Å². The average molecular weight is 576 g/mol. The van der Waals surface area contributed by atoms with Crippen LogP contribution in [0, 0.1) is 23.7 Å². The summed E-state index contributed by atoms with van der Waals surface area (Å²) in [5.41, 5.74) is 0.417. The van der Waals surface area contributed by atoms with Gasteiger partial charge in [0.15, 0.2) is 6.35 Å². The van der Waals surface area contributed by atoms with E-state index in [1.54, 1.807) is 6.08 Å². The summed E-state index contributed by atoms with van der Waals surface area (Å²) in [7, 11) is 0. The Labute approximate surface area is 237 Å². The van der Waals surface area contributed by atoms with E-state index in [1.165, 1.54) is 0 Å². The Kier molecular flexibility index (Phi) is 11.2. The predicted octanol–water partition coefficient (Wildman–Crippen LogP) is 3.27. The Balaban J connectivity index is 1.25. The summed E-state index contributed by atoms with van der Waals surface area (Å²) in [5.74, 6) is -0.384. The number of rotatable bonds is 11. The van der Waals surface area contributed by atoms with Crippen molar-refractivity contribution in [3.8, 4) is 0 Å². The van der Waals surface area contributed by atoms with Gasteiger partial charge in [0.25, 0.3) is 0 Å². The van der Waals surface area contributed by atoms with Gasteiger partial charge in [0.1, 0.15) is 12.5 Å². The van der Waals surface area contributed by atoms with E-state index in [1.807, 2.05) is 13.8 Å². The maximum atomic E-state index is 13.6. The molecule has 0 radical (unpaired) electrons. The van der Waals surface area contributed by atoms with Gasteiger partial charge in [-0.05, 0) is 81.7 Å². The summed E-state index contributed by atoms with van der Waals surface area (Å²) in [6.45, 7) is 9.06. The van der Waals surface area contributed by atoms with Crippen LogP contribution in [0.25, 0.3) is 0 Å². The fourth-order valence-corrected chi connectivity index (χ4v) is 6.63. The van der Waals surface area contributed by atoms with Crippen LogP contribution in [0.1, 0.15) is 85.5 Å². The minimum Gasteiger partial charge on any atom is -0.378 e.